The zero-order valence-electron chi connectivity index (χ0n) is 14.7. The van der Waals surface area contributed by atoms with Crippen LogP contribution in [0, 0.1) is 36.0 Å². The summed E-state index contributed by atoms with van der Waals surface area (Å²) in [4.78, 5) is 11.8. The first-order chi connectivity index (χ1) is 12.6. The second kappa shape index (κ2) is 8.24. The molecule has 9 heteroatoms. The lowest BCUT2D eigenvalue weighted by molar-refractivity contribution is -0.122. The van der Waals surface area contributed by atoms with Crippen LogP contribution in [0.1, 0.15) is 30.9 Å². The normalized spacial score (nSPS) is 10.9. The summed E-state index contributed by atoms with van der Waals surface area (Å²) in [6.45, 7) is 5.19. The standard InChI is InChI=1S/C18H17F5N2O2/c1-8(2)10-5-4-9(3)11(6-10)27-7-12(26)24-25-18-16(22)14(20)13(19)15(21)17(18)23/h4-6,8,25H,7H2,1-3H3,(H,24,26). The van der Waals surface area contributed by atoms with Crippen LogP contribution in [0.4, 0.5) is 27.6 Å². The van der Waals surface area contributed by atoms with Crippen molar-refractivity contribution in [1.82, 2.24) is 5.43 Å². The molecule has 0 saturated heterocycles. The molecule has 0 unspecified atom stereocenters. The minimum atomic E-state index is -2.29. The topological polar surface area (TPSA) is 50.4 Å². The van der Waals surface area contributed by atoms with Gasteiger partial charge in [0, 0.05) is 0 Å². The number of amides is 1. The molecule has 2 rings (SSSR count). The maximum Gasteiger partial charge on any atom is 0.276 e. The Hall–Kier alpha value is -2.84. The van der Waals surface area contributed by atoms with Crippen molar-refractivity contribution in [1.29, 1.82) is 0 Å². The molecular formula is C18H17F5N2O2. The molecular weight excluding hydrogens is 371 g/mol. The molecule has 146 valence electrons. The average Bonchev–Trinajstić information content (AvgIpc) is 2.63. The van der Waals surface area contributed by atoms with Gasteiger partial charge in [0.05, 0.1) is 0 Å². The van der Waals surface area contributed by atoms with Crippen molar-refractivity contribution < 1.29 is 31.5 Å². The molecule has 27 heavy (non-hydrogen) atoms. The van der Waals surface area contributed by atoms with Crippen molar-refractivity contribution in [3.8, 4) is 5.75 Å². The molecule has 0 heterocycles. The number of anilines is 1. The second-order valence-corrected chi connectivity index (χ2v) is 6.09. The number of hydrogen-bond donors (Lipinski definition) is 2. The van der Waals surface area contributed by atoms with Gasteiger partial charge in [-0.05, 0) is 30.0 Å². The van der Waals surface area contributed by atoms with Crippen LogP contribution in [0.15, 0.2) is 18.2 Å². The maximum absolute atomic E-state index is 13.5. The number of ether oxygens (including phenoxy) is 1. The van der Waals surface area contributed by atoms with Crippen LogP contribution in [0.5, 0.6) is 5.75 Å². The van der Waals surface area contributed by atoms with E-state index in [2.05, 4.69) is 0 Å². The first-order valence-corrected chi connectivity index (χ1v) is 7.93. The number of hydrazine groups is 1. The number of rotatable bonds is 6. The third-order valence-corrected chi connectivity index (χ3v) is 3.77. The Bertz CT molecular complexity index is 842. The fourth-order valence-corrected chi connectivity index (χ4v) is 2.16. The third kappa shape index (κ3) is 4.47. The summed E-state index contributed by atoms with van der Waals surface area (Å²) in [7, 11) is 0. The summed E-state index contributed by atoms with van der Waals surface area (Å²) in [5.74, 6) is -10.9. The van der Waals surface area contributed by atoms with E-state index in [1.165, 1.54) is 0 Å². The molecule has 4 nitrogen and oxygen atoms in total. The highest BCUT2D eigenvalue weighted by Gasteiger charge is 2.26. The minimum Gasteiger partial charge on any atom is -0.483 e. The summed E-state index contributed by atoms with van der Waals surface area (Å²) in [5.41, 5.74) is 3.91. The summed E-state index contributed by atoms with van der Waals surface area (Å²) in [6.07, 6.45) is 0. The van der Waals surface area contributed by atoms with Crippen LogP contribution >= 0.6 is 0 Å². The number of carbonyl (C=O) groups is 1. The van der Waals surface area contributed by atoms with Crippen LogP contribution in [0.3, 0.4) is 0 Å². The molecule has 1 amide bonds. The number of carbonyl (C=O) groups excluding carboxylic acids is 1. The summed E-state index contributed by atoms with van der Waals surface area (Å²) in [6, 6.07) is 5.48. The smallest absolute Gasteiger partial charge is 0.276 e. The Morgan fingerprint density at radius 2 is 1.56 bits per heavy atom. The van der Waals surface area contributed by atoms with E-state index >= 15 is 0 Å². The van der Waals surface area contributed by atoms with Gasteiger partial charge in [0.2, 0.25) is 5.82 Å². The molecule has 0 radical (unpaired) electrons. The molecule has 0 aliphatic carbocycles. The van der Waals surface area contributed by atoms with Crippen LogP contribution in [-0.2, 0) is 4.79 Å². The van der Waals surface area contributed by atoms with Crippen molar-refractivity contribution in [3.05, 3.63) is 58.4 Å². The minimum absolute atomic E-state index is 0.234. The van der Waals surface area contributed by atoms with E-state index in [1.54, 1.807) is 18.4 Å². The number of benzene rings is 2. The van der Waals surface area contributed by atoms with Crippen LogP contribution in [-0.4, -0.2) is 12.5 Å². The molecule has 0 saturated carbocycles. The van der Waals surface area contributed by atoms with E-state index in [1.807, 2.05) is 31.4 Å². The van der Waals surface area contributed by atoms with Gasteiger partial charge in [-0.1, -0.05) is 26.0 Å². The average molecular weight is 388 g/mol. The van der Waals surface area contributed by atoms with Crippen LogP contribution in [0.25, 0.3) is 0 Å². The fraction of sp³-hybridized carbons (Fsp3) is 0.278. The van der Waals surface area contributed by atoms with Crippen LogP contribution < -0.4 is 15.6 Å². The van der Waals surface area contributed by atoms with Crippen molar-refractivity contribution in [3.63, 3.8) is 0 Å². The second-order valence-electron chi connectivity index (χ2n) is 6.09. The first kappa shape index (κ1) is 20.5. The Morgan fingerprint density at radius 3 is 2.11 bits per heavy atom. The molecule has 0 spiro atoms. The van der Waals surface area contributed by atoms with Gasteiger partial charge >= 0.3 is 0 Å². The molecule has 0 aliphatic rings. The predicted octanol–water partition coefficient (Wildman–Crippen LogP) is 4.34. The van der Waals surface area contributed by atoms with Crippen molar-refractivity contribution in [2.75, 3.05) is 12.0 Å². The molecule has 2 aromatic rings. The lowest BCUT2D eigenvalue weighted by Crippen LogP contribution is -2.34. The molecule has 0 bridgehead atoms. The van der Waals surface area contributed by atoms with Gasteiger partial charge in [-0.25, -0.2) is 22.0 Å². The highest BCUT2D eigenvalue weighted by atomic mass is 19.2. The monoisotopic (exact) mass is 388 g/mol. The van der Waals surface area contributed by atoms with Gasteiger partial charge in [-0.2, -0.15) is 0 Å². The van der Waals surface area contributed by atoms with Crippen molar-refractivity contribution in [2.45, 2.75) is 26.7 Å². The fourth-order valence-electron chi connectivity index (χ4n) is 2.16. The largest absolute Gasteiger partial charge is 0.483 e. The predicted molar refractivity (Wildman–Crippen MR) is 88.8 cm³/mol. The SMILES string of the molecule is Cc1ccc(C(C)C)cc1OCC(=O)NNc1c(F)c(F)c(F)c(F)c1F. The van der Waals surface area contributed by atoms with Gasteiger partial charge in [0.1, 0.15) is 11.4 Å². The number of hydrogen-bond acceptors (Lipinski definition) is 3. The number of nitrogens with one attached hydrogen (secondary N) is 2. The molecule has 0 aliphatic heterocycles. The lowest BCUT2D eigenvalue weighted by atomic mass is 10.0. The van der Waals surface area contributed by atoms with Gasteiger partial charge < -0.3 is 4.74 Å². The maximum atomic E-state index is 13.5. The quantitative estimate of drug-likeness (QED) is 0.335. The van der Waals surface area contributed by atoms with E-state index in [-0.39, 0.29) is 5.92 Å². The van der Waals surface area contributed by atoms with E-state index in [0.29, 0.717) is 5.75 Å². The third-order valence-electron chi connectivity index (χ3n) is 3.77. The van der Waals surface area contributed by atoms with Crippen molar-refractivity contribution >= 4 is 11.6 Å². The Labute approximate surface area is 152 Å². The summed E-state index contributed by atoms with van der Waals surface area (Å²) in [5, 5.41) is 0. The molecule has 2 N–H and O–H groups in total. The van der Waals surface area contributed by atoms with Gasteiger partial charge in [0.25, 0.3) is 5.91 Å². The summed E-state index contributed by atoms with van der Waals surface area (Å²) >= 11 is 0. The number of halogens is 5. The summed E-state index contributed by atoms with van der Waals surface area (Å²) < 4.78 is 71.6. The van der Waals surface area contributed by atoms with E-state index in [4.69, 9.17) is 4.74 Å². The molecule has 0 fully saturated rings. The highest BCUT2D eigenvalue weighted by molar-refractivity contribution is 5.79. The highest BCUT2D eigenvalue weighted by Crippen LogP contribution is 2.27. The van der Waals surface area contributed by atoms with Gasteiger partial charge in [-0.3, -0.25) is 15.6 Å². The molecule has 2 aromatic carbocycles. The zero-order valence-corrected chi connectivity index (χ0v) is 14.7. The Kier molecular flexibility index (Phi) is 6.24. The Morgan fingerprint density at radius 1 is 1.00 bits per heavy atom. The van der Waals surface area contributed by atoms with Crippen LogP contribution in [0.2, 0.25) is 0 Å². The molecule has 0 atom stereocenters. The van der Waals surface area contributed by atoms with E-state index < -0.39 is 47.3 Å². The lowest BCUT2D eigenvalue weighted by Gasteiger charge is -2.14. The van der Waals surface area contributed by atoms with Crippen molar-refractivity contribution in [2.24, 2.45) is 0 Å². The Balaban J connectivity index is 2.03. The first-order valence-electron chi connectivity index (χ1n) is 7.93. The van der Waals surface area contributed by atoms with E-state index in [0.717, 1.165) is 11.1 Å². The molecule has 0 aromatic heterocycles. The number of aryl methyl sites for hydroxylation is 1. The zero-order chi connectivity index (χ0) is 20.3. The van der Waals surface area contributed by atoms with E-state index in [9.17, 15) is 26.7 Å². The van der Waals surface area contributed by atoms with Gasteiger partial charge in [-0.15, -0.1) is 0 Å². The van der Waals surface area contributed by atoms with Gasteiger partial charge in [0.15, 0.2) is 29.9 Å².